The van der Waals surface area contributed by atoms with E-state index in [1.807, 2.05) is 0 Å². The minimum atomic E-state index is -4.58. The average Bonchev–Trinajstić information content (AvgIpc) is 2.38. The van der Waals surface area contributed by atoms with Gasteiger partial charge in [0.25, 0.3) is 0 Å². The molecule has 112 valence electrons. The normalized spacial score (nSPS) is 13.2. The number of carbonyl (C=O) groups is 1. The lowest BCUT2D eigenvalue weighted by Crippen LogP contribution is -2.14. The van der Waals surface area contributed by atoms with Gasteiger partial charge in [0.1, 0.15) is 0 Å². The second kappa shape index (κ2) is 6.65. The molecular formula is C12H15F2NO4S. The van der Waals surface area contributed by atoms with Gasteiger partial charge < -0.3 is 10.4 Å². The molecule has 1 rings (SSSR count). The van der Waals surface area contributed by atoms with Gasteiger partial charge in [-0.25, -0.2) is 8.42 Å². The zero-order valence-corrected chi connectivity index (χ0v) is 11.5. The summed E-state index contributed by atoms with van der Waals surface area (Å²) >= 11 is 0. The van der Waals surface area contributed by atoms with Gasteiger partial charge in [-0.05, 0) is 30.7 Å². The van der Waals surface area contributed by atoms with Crippen LogP contribution >= 0.6 is 0 Å². The van der Waals surface area contributed by atoms with Crippen LogP contribution in [-0.4, -0.2) is 31.8 Å². The van der Waals surface area contributed by atoms with Gasteiger partial charge in [-0.3, -0.25) is 4.79 Å². The molecule has 1 atom stereocenters. The molecule has 5 nitrogen and oxygen atoms in total. The second-order valence-electron chi connectivity index (χ2n) is 4.28. The van der Waals surface area contributed by atoms with Crippen LogP contribution < -0.4 is 5.32 Å². The maximum atomic E-state index is 12.3. The summed E-state index contributed by atoms with van der Waals surface area (Å²) in [6, 6.07) is 4.90. The molecule has 20 heavy (non-hydrogen) atoms. The fraction of sp³-hybridized carbons (Fsp3) is 0.417. The monoisotopic (exact) mass is 307 g/mol. The first-order chi connectivity index (χ1) is 9.25. The van der Waals surface area contributed by atoms with Crippen molar-refractivity contribution in [1.82, 2.24) is 0 Å². The zero-order valence-electron chi connectivity index (χ0n) is 10.7. The molecule has 0 aromatic heterocycles. The lowest BCUT2D eigenvalue weighted by atomic mass is 10.1. The summed E-state index contributed by atoms with van der Waals surface area (Å²) in [5.41, 5.74) is 0.538. The molecule has 1 aromatic carbocycles. The van der Waals surface area contributed by atoms with Crippen molar-refractivity contribution in [1.29, 1.82) is 0 Å². The number of rotatable bonds is 7. The van der Waals surface area contributed by atoms with Gasteiger partial charge >= 0.3 is 11.7 Å². The number of aliphatic carboxylic acids is 1. The number of anilines is 1. The average molecular weight is 307 g/mol. The molecule has 1 unspecified atom stereocenters. The number of sulfone groups is 1. The van der Waals surface area contributed by atoms with Crippen LogP contribution in [0.4, 0.5) is 14.5 Å². The second-order valence-corrected chi connectivity index (χ2v) is 6.20. The largest absolute Gasteiger partial charge is 0.481 e. The number of halogens is 2. The van der Waals surface area contributed by atoms with Crippen LogP contribution in [0, 0.1) is 5.92 Å². The van der Waals surface area contributed by atoms with Gasteiger partial charge in [-0.2, -0.15) is 8.78 Å². The third kappa shape index (κ3) is 4.16. The minimum Gasteiger partial charge on any atom is -0.481 e. The highest BCUT2D eigenvalue weighted by atomic mass is 32.2. The van der Waals surface area contributed by atoms with E-state index in [9.17, 15) is 22.0 Å². The lowest BCUT2D eigenvalue weighted by Gasteiger charge is -2.09. The van der Waals surface area contributed by atoms with Crippen molar-refractivity contribution in [3.05, 3.63) is 24.3 Å². The van der Waals surface area contributed by atoms with Crippen molar-refractivity contribution in [3.63, 3.8) is 0 Å². The highest BCUT2D eigenvalue weighted by Gasteiger charge is 2.26. The summed E-state index contributed by atoms with van der Waals surface area (Å²) in [7, 11) is -4.58. The first-order valence-corrected chi connectivity index (χ1v) is 7.38. The van der Waals surface area contributed by atoms with Gasteiger partial charge in [0.05, 0.1) is 10.8 Å². The van der Waals surface area contributed by atoms with Crippen LogP contribution in [-0.2, 0) is 14.6 Å². The fourth-order valence-electron chi connectivity index (χ4n) is 1.42. The molecule has 0 aliphatic carbocycles. The third-order valence-corrected chi connectivity index (χ3v) is 4.14. The number of carboxylic acids is 1. The molecule has 0 fully saturated rings. The van der Waals surface area contributed by atoms with Crippen molar-refractivity contribution < 1.29 is 27.1 Å². The van der Waals surface area contributed by atoms with Gasteiger partial charge in [-0.15, -0.1) is 0 Å². The van der Waals surface area contributed by atoms with E-state index in [4.69, 9.17) is 5.11 Å². The number of alkyl halides is 2. The molecule has 0 spiro atoms. The lowest BCUT2D eigenvalue weighted by molar-refractivity contribution is -0.141. The Hall–Kier alpha value is -1.70. The number of nitrogens with one attached hydrogen (secondary N) is 1. The van der Waals surface area contributed by atoms with E-state index in [0.717, 1.165) is 12.1 Å². The van der Waals surface area contributed by atoms with Gasteiger partial charge in [0, 0.05) is 12.2 Å². The Labute approximate surface area is 115 Å². The van der Waals surface area contributed by atoms with E-state index >= 15 is 0 Å². The van der Waals surface area contributed by atoms with Gasteiger partial charge in [-0.1, -0.05) is 6.92 Å². The van der Waals surface area contributed by atoms with Crippen molar-refractivity contribution in [2.24, 2.45) is 5.92 Å². The minimum absolute atomic E-state index is 0.383. The molecule has 8 heteroatoms. The molecule has 0 amide bonds. The van der Waals surface area contributed by atoms with Gasteiger partial charge in [0.15, 0.2) is 0 Å². The van der Waals surface area contributed by atoms with E-state index in [2.05, 4.69) is 5.32 Å². The quantitative estimate of drug-likeness (QED) is 0.807. The molecule has 0 bridgehead atoms. The predicted octanol–water partition coefficient (Wildman–Crippen LogP) is 2.21. The van der Waals surface area contributed by atoms with E-state index in [0.29, 0.717) is 18.7 Å². The first kappa shape index (κ1) is 16.4. The molecule has 0 aliphatic heterocycles. The number of hydrogen-bond donors (Lipinski definition) is 2. The van der Waals surface area contributed by atoms with E-state index in [-0.39, 0.29) is 0 Å². The Kier molecular flexibility index (Phi) is 5.43. The van der Waals surface area contributed by atoms with Crippen LogP contribution in [0.25, 0.3) is 0 Å². The van der Waals surface area contributed by atoms with Crippen LogP contribution in [0.15, 0.2) is 29.2 Å². The van der Waals surface area contributed by atoms with Crippen LogP contribution in [0.2, 0.25) is 0 Å². The molecule has 1 aromatic rings. The maximum absolute atomic E-state index is 12.3. The maximum Gasteiger partial charge on any atom is 0.341 e. The van der Waals surface area contributed by atoms with Gasteiger partial charge in [0.2, 0.25) is 9.84 Å². The van der Waals surface area contributed by atoms with Crippen LogP contribution in [0.5, 0.6) is 0 Å². The Bertz CT molecular complexity index is 557. The van der Waals surface area contributed by atoms with Crippen molar-refractivity contribution in [3.8, 4) is 0 Å². The molecule has 0 aliphatic rings. The Morgan fingerprint density at radius 2 is 1.85 bits per heavy atom. The predicted molar refractivity (Wildman–Crippen MR) is 69.5 cm³/mol. The molecule has 0 saturated carbocycles. The van der Waals surface area contributed by atoms with Crippen molar-refractivity contribution in [2.45, 2.75) is 24.0 Å². The topological polar surface area (TPSA) is 83.5 Å². The number of benzene rings is 1. The zero-order chi connectivity index (χ0) is 15.3. The van der Waals surface area contributed by atoms with Crippen molar-refractivity contribution in [2.75, 3.05) is 11.9 Å². The Morgan fingerprint density at radius 1 is 1.30 bits per heavy atom. The summed E-state index contributed by atoms with van der Waals surface area (Å²) in [5, 5.41) is 11.6. The van der Waals surface area contributed by atoms with E-state index in [1.165, 1.54) is 12.1 Å². The smallest absolute Gasteiger partial charge is 0.341 e. The number of carboxylic acid groups (broad SMARTS) is 1. The highest BCUT2D eigenvalue weighted by Crippen LogP contribution is 2.20. The summed E-state index contributed by atoms with van der Waals surface area (Å²) in [4.78, 5) is 10.1. The van der Waals surface area contributed by atoms with Crippen LogP contribution in [0.3, 0.4) is 0 Å². The Morgan fingerprint density at radius 3 is 2.30 bits per heavy atom. The Balaban J connectivity index is 2.62. The molecule has 0 saturated heterocycles. The first-order valence-electron chi connectivity index (χ1n) is 5.84. The molecule has 0 heterocycles. The summed E-state index contributed by atoms with van der Waals surface area (Å²) in [6.45, 7) is 1.96. The summed E-state index contributed by atoms with van der Waals surface area (Å²) in [5.74, 6) is -4.84. The fourth-order valence-corrected chi connectivity index (χ4v) is 2.14. The van der Waals surface area contributed by atoms with Crippen molar-refractivity contribution >= 4 is 21.5 Å². The highest BCUT2D eigenvalue weighted by molar-refractivity contribution is 7.91. The summed E-state index contributed by atoms with van der Waals surface area (Å²) < 4.78 is 47.0. The number of hydrogen-bond acceptors (Lipinski definition) is 4. The molecule has 2 N–H and O–H groups in total. The van der Waals surface area contributed by atoms with E-state index < -0.39 is 32.4 Å². The standard InChI is InChI=1S/C12H15F2NO4S/c1-8(11(16)17)6-7-15-9-2-4-10(5-3-9)20(18,19)12(13)14/h2-5,8,12,15H,6-7H2,1H3,(H,16,17). The van der Waals surface area contributed by atoms with E-state index in [1.54, 1.807) is 6.92 Å². The SMILES string of the molecule is CC(CCNc1ccc(S(=O)(=O)C(F)F)cc1)C(=O)O. The summed E-state index contributed by atoms with van der Waals surface area (Å²) in [6.07, 6.45) is 0.395. The van der Waals surface area contributed by atoms with Crippen LogP contribution in [0.1, 0.15) is 13.3 Å². The molecular weight excluding hydrogens is 292 g/mol. The molecule has 0 radical (unpaired) electrons. The third-order valence-electron chi connectivity index (χ3n) is 2.75.